The van der Waals surface area contributed by atoms with Crippen LogP contribution in [0, 0.1) is 0 Å². The molecule has 0 fully saturated rings. The van der Waals surface area contributed by atoms with Crippen molar-refractivity contribution < 1.29 is 37.0 Å². The van der Waals surface area contributed by atoms with Crippen molar-refractivity contribution in [1.82, 2.24) is 0 Å². The van der Waals surface area contributed by atoms with E-state index in [9.17, 15) is 22.8 Å². The van der Waals surface area contributed by atoms with E-state index in [1.54, 1.807) is 6.92 Å². The van der Waals surface area contributed by atoms with E-state index in [2.05, 4.69) is 5.32 Å². The number of alkyl halides is 3. The number of carbonyl (C=O) groups excluding carboxylic acids is 2. The summed E-state index contributed by atoms with van der Waals surface area (Å²) < 4.78 is 54.7. The van der Waals surface area contributed by atoms with Gasteiger partial charge in [0.25, 0.3) is 5.91 Å². The molecular weight excluding hydrogens is 391 g/mol. The minimum absolute atomic E-state index is 0.101. The largest absolute Gasteiger partial charge is 0.493 e. The number of anilines is 1. The molecular formula is C20H20F3NO5. The van der Waals surface area contributed by atoms with E-state index >= 15 is 0 Å². The van der Waals surface area contributed by atoms with Gasteiger partial charge in [-0.05, 0) is 44.2 Å². The second-order valence-corrected chi connectivity index (χ2v) is 5.88. The number of benzene rings is 2. The maximum atomic E-state index is 13.0. The van der Waals surface area contributed by atoms with Gasteiger partial charge in [-0.3, -0.25) is 4.79 Å². The van der Waals surface area contributed by atoms with E-state index in [4.69, 9.17) is 14.2 Å². The summed E-state index contributed by atoms with van der Waals surface area (Å²) in [6.45, 7) is 3.36. The topological polar surface area (TPSA) is 73.9 Å². The number of ether oxygens (including phenoxy) is 3. The average molecular weight is 411 g/mol. The Balaban J connectivity index is 2.10. The summed E-state index contributed by atoms with van der Waals surface area (Å²) in [5.74, 6) is -0.993. The molecule has 1 N–H and O–H groups in total. The normalized spacial score (nSPS) is 12.1. The Morgan fingerprint density at radius 2 is 1.79 bits per heavy atom. The Morgan fingerprint density at radius 1 is 1.10 bits per heavy atom. The molecule has 0 spiro atoms. The minimum Gasteiger partial charge on any atom is -0.493 e. The molecule has 29 heavy (non-hydrogen) atoms. The van der Waals surface area contributed by atoms with Gasteiger partial charge in [-0.1, -0.05) is 12.1 Å². The summed E-state index contributed by atoms with van der Waals surface area (Å²) in [6.07, 6.45) is -5.97. The molecule has 0 bridgehead atoms. The lowest BCUT2D eigenvalue weighted by molar-refractivity contribution is -0.137. The Labute approximate surface area is 165 Å². The van der Waals surface area contributed by atoms with Crippen molar-refractivity contribution in [1.29, 1.82) is 0 Å². The SMILES string of the molecule is CCOc1cc(C(=O)O[C@H](C)C(=O)Nc2ccccc2C(F)(F)F)ccc1OC. The van der Waals surface area contributed by atoms with Crippen LogP contribution in [-0.2, 0) is 15.7 Å². The highest BCUT2D eigenvalue weighted by atomic mass is 19.4. The summed E-state index contributed by atoms with van der Waals surface area (Å²) in [4.78, 5) is 24.5. The number of halogens is 3. The van der Waals surface area contributed by atoms with E-state index in [0.717, 1.165) is 12.1 Å². The second kappa shape index (κ2) is 9.31. The fourth-order valence-electron chi connectivity index (χ4n) is 2.43. The van der Waals surface area contributed by atoms with Crippen molar-refractivity contribution in [2.75, 3.05) is 19.0 Å². The summed E-state index contributed by atoms with van der Waals surface area (Å²) in [5, 5.41) is 2.14. The fraction of sp³-hybridized carbons (Fsp3) is 0.300. The van der Waals surface area contributed by atoms with Crippen molar-refractivity contribution in [2.45, 2.75) is 26.1 Å². The molecule has 1 amide bonds. The number of methoxy groups -OCH3 is 1. The van der Waals surface area contributed by atoms with Gasteiger partial charge in [0, 0.05) is 0 Å². The standard InChI is InChI=1S/C20H20F3NO5/c1-4-28-17-11-13(9-10-16(17)27-3)19(26)29-12(2)18(25)24-15-8-6-5-7-14(15)20(21,22)23/h5-12H,4H2,1-3H3,(H,24,25)/t12-/m1/s1. The molecule has 0 aliphatic heterocycles. The molecule has 0 aliphatic rings. The molecule has 9 heteroatoms. The predicted octanol–water partition coefficient (Wildman–Crippen LogP) is 4.30. The number of nitrogens with one attached hydrogen (secondary N) is 1. The van der Waals surface area contributed by atoms with Crippen LogP contribution in [0.2, 0.25) is 0 Å². The second-order valence-electron chi connectivity index (χ2n) is 5.88. The number of rotatable bonds is 7. The van der Waals surface area contributed by atoms with Crippen molar-refractivity contribution in [2.24, 2.45) is 0 Å². The quantitative estimate of drug-likeness (QED) is 0.688. The van der Waals surface area contributed by atoms with Crippen LogP contribution in [0.3, 0.4) is 0 Å². The zero-order valence-electron chi connectivity index (χ0n) is 16.0. The Morgan fingerprint density at radius 3 is 2.41 bits per heavy atom. The van der Waals surface area contributed by atoms with Gasteiger partial charge in [0.2, 0.25) is 0 Å². The molecule has 2 rings (SSSR count). The van der Waals surface area contributed by atoms with Crippen molar-refractivity contribution >= 4 is 17.6 Å². The highest BCUT2D eigenvalue weighted by Crippen LogP contribution is 2.34. The molecule has 2 aromatic carbocycles. The van der Waals surface area contributed by atoms with Gasteiger partial charge in [0.05, 0.1) is 30.5 Å². The van der Waals surface area contributed by atoms with Gasteiger partial charge in [0.15, 0.2) is 17.6 Å². The first-order valence-corrected chi connectivity index (χ1v) is 8.66. The van der Waals surface area contributed by atoms with Crippen LogP contribution < -0.4 is 14.8 Å². The first-order valence-electron chi connectivity index (χ1n) is 8.66. The molecule has 0 aromatic heterocycles. The molecule has 6 nitrogen and oxygen atoms in total. The van der Waals surface area contributed by atoms with Gasteiger partial charge in [-0.2, -0.15) is 13.2 Å². The summed E-state index contributed by atoms with van der Waals surface area (Å²) in [5.41, 5.74) is -1.32. The van der Waals surface area contributed by atoms with Gasteiger partial charge in [-0.15, -0.1) is 0 Å². The Hall–Kier alpha value is -3.23. The van der Waals surface area contributed by atoms with Crippen LogP contribution in [0.5, 0.6) is 11.5 Å². The van der Waals surface area contributed by atoms with E-state index in [1.807, 2.05) is 0 Å². The Bertz CT molecular complexity index is 883. The first-order chi connectivity index (χ1) is 13.7. The summed E-state index contributed by atoms with van der Waals surface area (Å²) in [6, 6.07) is 8.86. The fourth-order valence-corrected chi connectivity index (χ4v) is 2.43. The van der Waals surface area contributed by atoms with E-state index in [1.165, 1.54) is 44.4 Å². The van der Waals surface area contributed by atoms with Gasteiger partial charge < -0.3 is 19.5 Å². The summed E-state index contributed by atoms with van der Waals surface area (Å²) >= 11 is 0. The molecule has 2 aromatic rings. The van der Waals surface area contributed by atoms with Crippen LogP contribution in [0.4, 0.5) is 18.9 Å². The molecule has 0 unspecified atom stereocenters. The third-order valence-electron chi connectivity index (χ3n) is 3.84. The maximum absolute atomic E-state index is 13.0. The van der Waals surface area contributed by atoms with Gasteiger partial charge in [-0.25, -0.2) is 4.79 Å². The molecule has 1 atom stereocenters. The Kier molecular flexibility index (Phi) is 7.08. The van der Waals surface area contributed by atoms with Crippen LogP contribution >= 0.6 is 0 Å². The summed E-state index contributed by atoms with van der Waals surface area (Å²) in [7, 11) is 1.45. The molecule has 0 saturated carbocycles. The number of para-hydroxylation sites is 1. The van der Waals surface area contributed by atoms with E-state index in [0.29, 0.717) is 18.1 Å². The lowest BCUT2D eigenvalue weighted by Gasteiger charge is -2.17. The van der Waals surface area contributed by atoms with Gasteiger partial charge >= 0.3 is 12.1 Å². The number of hydrogen-bond acceptors (Lipinski definition) is 5. The van der Waals surface area contributed by atoms with E-state index in [-0.39, 0.29) is 5.56 Å². The zero-order valence-corrected chi connectivity index (χ0v) is 16.0. The van der Waals surface area contributed by atoms with Crippen LogP contribution in [-0.4, -0.2) is 31.7 Å². The van der Waals surface area contributed by atoms with Crippen LogP contribution in [0.15, 0.2) is 42.5 Å². The third kappa shape index (κ3) is 5.63. The van der Waals surface area contributed by atoms with Gasteiger partial charge in [0.1, 0.15) is 0 Å². The number of amides is 1. The van der Waals surface area contributed by atoms with Crippen molar-refractivity contribution in [3.63, 3.8) is 0 Å². The van der Waals surface area contributed by atoms with Crippen molar-refractivity contribution in [3.8, 4) is 11.5 Å². The minimum atomic E-state index is -4.64. The highest BCUT2D eigenvalue weighted by Gasteiger charge is 2.34. The molecule has 0 aliphatic carbocycles. The monoisotopic (exact) mass is 411 g/mol. The van der Waals surface area contributed by atoms with E-state index < -0.39 is 35.4 Å². The van der Waals surface area contributed by atoms with Crippen molar-refractivity contribution in [3.05, 3.63) is 53.6 Å². The average Bonchev–Trinajstić information content (AvgIpc) is 2.67. The number of carbonyl (C=O) groups is 2. The van der Waals surface area contributed by atoms with Crippen LogP contribution in [0.1, 0.15) is 29.8 Å². The maximum Gasteiger partial charge on any atom is 0.418 e. The zero-order chi connectivity index (χ0) is 21.6. The van der Waals surface area contributed by atoms with Crippen LogP contribution in [0.25, 0.3) is 0 Å². The molecule has 0 radical (unpaired) electrons. The number of hydrogen-bond donors (Lipinski definition) is 1. The molecule has 0 heterocycles. The number of esters is 1. The highest BCUT2D eigenvalue weighted by molar-refractivity contribution is 5.98. The smallest absolute Gasteiger partial charge is 0.418 e. The third-order valence-corrected chi connectivity index (χ3v) is 3.84. The molecule has 156 valence electrons. The lowest BCUT2D eigenvalue weighted by Crippen LogP contribution is -2.30. The predicted molar refractivity (Wildman–Crippen MR) is 99.1 cm³/mol. The lowest BCUT2D eigenvalue weighted by atomic mass is 10.1. The molecule has 0 saturated heterocycles. The first kappa shape index (κ1) is 22.1.